The zero-order valence-corrected chi connectivity index (χ0v) is 8.67. The highest BCUT2D eigenvalue weighted by Gasteiger charge is 2.04. The number of aliphatic hydroxyl groups excluding tert-OH is 1. The molecule has 4 nitrogen and oxygen atoms in total. The molecular weight excluding hydrogens is 209 g/mol. The maximum atomic E-state index is 13.3. The molecule has 0 saturated heterocycles. The molecule has 0 unspecified atom stereocenters. The van der Waals surface area contributed by atoms with E-state index >= 15 is 0 Å². The van der Waals surface area contributed by atoms with Crippen LogP contribution in [-0.2, 0) is 13.0 Å². The van der Waals surface area contributed by atoms with Gasteiger partial charge in [0.05, 0.1) is 12.2 Å². The summed E-state index contributed by atoms with van der Waals surface area (Å²) in [5.41, 5.74) is 1.28. The van der Waals surface area contributed by atoms with Gasteiger partial charge in [0.15, 0.2) is 0 Å². The van der Waals surface area contributed by atoms with Gasteiger partial charge in [-0.15, -0.1) is 5.10 Å². The first-order chi connectivity index (χ1) is 7.79. The highest BCUT2D eigenvalue weighted by atomic mass is 19.1. The largest absolute Gasteiger partial charge is 0.396 e. The lowest BCUT2D eigenvalue weighted by atomic mass is 10.2. The summed E-state index contributed by atoms with van der Waals surface area (Å²) in [5.74, 6) is -0.248. The van der Waals surface area contributed by atoms with E-state index in [4.69, 9.17) is 5.11 Å². The Morgan fingerprint density at radius 3 is 2.88 bits per heavy atom. The Labute approximate surface area is 92.3 Å². The van der Waals surface area contributed by atoms with Crippen LogP contribution in [0.15, 0.2) is 30.5 Å². The molecule has 0 atom stereocenters. The van der Waals surface area contributed by atoms with E-state index in [0.29, 0.717) is 24.2 Å². The molecule has 0 radical (unpaired) electrons. The van der Waals surface area contributed by atoms with Crippen LogP contribution in [0, 0.1) is 5.82 Å². The Bertz CT molecular complexity index is 470. The summed E-state index contributed by atoms with van der Waals surface area (Å²) in [6.45, 7) is 0.392. The van der Waals surface area contributed by atoms with E-state index in [1.165, 1.54) is 6.07 Å². The number of aromatic nitrogens is 3. The predicted octanol–water partition coefficient (Wildman–Crippen LogP) is 1.00. The lowest BCUT2D eigenvalue weighted by Crippen LogP contribution is -2.02. The van der Waals surface area contributed by atoms with E-state index in [1.807, 2.05) is 0 Å². The Balaban J connectivity index is 2.11. The van der Waals surface area contributed by atoms with Gasteiger partial charge in [-0.3, -0.25) is 0 Å². The summed E-state index contributed by atoms with van der Waals surface area (Å²) in [7, 11) is 0. The van der Waals surface area contributed by atoms with Crippen molar-refractivity contribution < 1.29 is 9.50 Å². The summed E-state index contributed by atoms with van der Waals surface area (Å²) >= 11 is 0. The zero-order chi connectivity index (χ0) is 11.4. The Morgan fingerprint density at radius 1 is 1.31 bits per heavy atom. The normalized spacial score (nSPS) is 10.6. The van der Waals surface area contributed by atoms with Gasteiger partial charge in [0.25, 0.3) is 0 Å². The SMILES string of the molecule is OCCc1cn(Cc2ccccc2F)nn1. The van der Waals surface area contributed by atoms with Gasteiger partial charge in [-0.1, -0.05) is 23.4 Å². The van der Waals surface area contributed by atoms with Crippen molar-refractivity contribution in [3.05, 3.63) is 47.5 Å². The molecule has 0 aliphatic heterocycles. The molecule has 1 aromatic carbocycles. The van der Waals surface area contributed by atoms with Gasteiger partial charge in [-0.2, -0.15) is 0 Å². The van der Waals surface area contributed by atoms with Crippen molar-refractivity contribution in [2.75, 3.05) is 6.61 Å². The van der Waals surface area contributed by atoms with Crippen LogP contribution in [0.25, 0.3) is 0 Å². The Morgan fingerprint density at radius 2 is 2.12 bits per heavy atom. The first kappa shape index (κ1) is 10.8. The number of hydrogen-bond donors (Lipinski definition) is 1. The van der Waals surface area contributed by atoms with Gasteiger partial charge < -0.3 is 5.11 Å². The molecule has 0 spiro atoms. The van der Waals surface area contributed by atoms with E-state index in [-0.39, 0.29) is 12.4 Å². The molecule has 5 heteroatoms. The van der Waals surface area contributed by atoms with Crippen LogP contribution in [0.2, 0.25) is 0 Å². The van der Waals surface area contributed by atoms with E-state index in [2.05, 4.69) is 10.3 Å². The van der Waals surface area contributed by atoms with E-state index in [1.54, 1.807) is 29.1 Å². The van der Waals surface area contributed by atoms with E-state index in [0.717, 1.165) is 0 Å². The van der Waals surface area contributed by atoms with Crippen LogP contribution < -0.4 is 0 Å². The van der Waals surface area contributed by atoms with Gasteiger partial charge in [0, 0.05) is 24.8 Å². The van der Waals surface area contributed by atoms with Crippen molar-refractivity contribution in [3.63, 3.8) is 0 Å². The third kappa shape index (κ3) is 2.43. The molecular formula is C11H12FN3O. The molecule has 1 N–H and O–H groups in total. The van der Waals surface area contributed by atoms with Crippen LogP contribution in [-0.4, -0.2) is 26.7 Å². The number of nitrogens with zero attached hydrogens (tertiary/aromatic N) is 3. The van der Waals surface area contributed by atoms with Crippen LogP contribution in [0.4, 0.5) is 4.39 Å². The van der Waals surface area contributed by atoms with Crippen LogP contribution in [0.5, 0.6) is 0 Å². The number of aliphatic hydroxyl groups is 1. The molecule has 84 valence electrons. The Kier molecular flexibility index (Phi) is 3.26. The minimum atomic E-state index is -0.248. The number of benzene rings is 1. The van der Waals surface area contributed by atoms with E-state index in [9.17, 15) is 4.39 Å². The average Bonchev–Trinajstić information content (AvgIpc) is 2.70. The predicted molar refractivity (Wildman–Crippen MR) is 56.3 cm³/mol. The van der Waals surface area contributed by atoms with Gasteiger partial charge in [0.2, 0.25) is 0 Å². The monoisotopic (exact) mass is 221 g/mol. The van der Waals surface area contributed by atoms with Crippen molar-refractivity contribution in [2.45, 2.75) is 13.0 Å². The van der Waals surface area contributed by atoms with Crippen molar-refractivity contribution in [3.8, 4) is 0 Å². The van der Waals surface area contributed by atoms with Crippen molar-refractivity contribution in [1.82, 2.24) is 15.0 Å². The molecule has 16 heavy (non-hydrogen) atoms. The first-order valence-corrected chi connectivity index (χ1v) is 5.03. The fourth-order valence-corrected chi connectivity index (χ4v) is 1.45. The van der Waals surface area contributed by atoms with Crippen molar-refractivity contribution >= 4 is 0 Å². The third-order valence-corrected chi connectivity index (χ3v) is 2.24. The highest BCUT2D eigenvalue weighted by molar-refractivity contribution is 5.17. The minimum Gasteiger partial charge on any atom is -0.396 e. The number of hydrogen-bond acceptors (Lipinski definition) is 3. The molecule has 1 heterocycles. The fraction of sp³-hybridized carbons (Fsp3) is 0.273. The van der Waals surface area contributed by atoms with E-state index < -0.39 is 0 Å². The number of halogens is 1. The second kappa shape index (κ2) is 4.85. The fourth-order valence-electron chi connectivity index (χ4n) is 1.45. The molecule has 0 aliphatic carbocycles. The van der Waals surface area contributed by atoms with Gasteiger partial charge in [0.1, 0.15) is 5.82 Å². The molecule has 2 rings (SSSR count). The van der Waals surface area contributed by atoms with Crippen LogP contribution in [0.3, 0.4) is 0 Å². The standard InChI is InChI=1S/C11H12FN3O/c12-11-4-2-1-3-9(11)7-15-8-10(5-6-16)13-14-15/h1-4,8,16H,5-7H2. The van der Waals surface area contributed by atoms with Crippen molar-refractivity contribution in [1.29, 1.82) is 0 Å². The minimum absolute atomic E-state index is 0.0401. The summed E-state index contributed by atoms with van der Waals surface area (Å²) in [5, 5.41) is 16.4. The topological polar surface area (TPSA) is 50.9 Å². The molecule has 1 aromatic heterocycles. The number of rotatable bonds is 4. The molecule has 0 aliphatic rings. The summed E-state index contributed by atoms with van der Waals surface area (Å²) in [6.07, 6.45) is 2.18. The lowest BCUT2D eigenvalue weighted by Gasteiger charge is -2.01. The maximum Gasteiger partial charge on any atom is 0.128 e. The lowest BCUT2D eigenvalue weighted by molar-refractivity contribution is 0.298. The molecule has 0 saturated carbocycles. The highest BCUT2D eigenvalue weighted by Crippen LogP contribution is 2.08. The third-order valence-electron chi connectivity index (χ3n) is 2.24. The maximum absolute atomic E-state index is 13.3. The van der Waals surface area contributed by atoms with Gasteiger partial charge in [-0.05, 0) is 6.07 Å². The second-order valence-corrected chi connectivity index (χ2v) is 3.47. The Hall–Kier alpha value is -1.75. The summed E-state index contributed by atoms with van der Waals surface area (Å²) in [4.78, 5) is 0. The smallest absolute Gasteiger partial charge is 0.128 e. The quantitative estimate of drug-likeness (QED) is 0.838. The van der Waals surface area contributed by atoms with Crippen LogP contribution >= 0.6 is 0 Å². The molecule has 0 bridgehead atoms. The van der Waals surface area contributed by atoms with Crippen LogP contribution in [0.1, 0.15) is 11.3 Å². The average molecular weight is 221 g/mol. The van der Waals surface area contributed by atoms with Gasteiger partial charge >= 0.3 is 0 Å². The van der Waals surface area contributed by atoms with Crippen molar-refractivity contribution in [2.24, 2.45) is 0 Å². The molecule has 0 fully saturated rings. The molecule has 0 amide bonds. The summed E-state index contributed by atoms with van der Waals surface area (Å²) < 4.78 is 14.9. The zero-order valence-electron chi connectivity index (χ0n) is 8.67. The first-order valence-electron chi connectivity index (χ1n) is 5.03. The second-order valence-electron chi connectivity index (χ2n) is 3.47. The van der Waals surface area contributed by atoms with Gasteiger partial charge in [-0.25, -0.2) is 9.07 Å². The summed E-state index contributed by atoms with van der Waals surface area (Å²) in [6, 6.07) is 6.56. The molecule has 2 aromatic rings.